The van der Waals surface area contributed by atoms with Gasteiger partial charge >= 0.3 is 5.97 Å². The predicted molar refractivity (Wildman–Crippen MR) is 102 cm³/mol. The number of aliphatic carboxylic acids is 1. The Labute approximate surface area is 161 Å². The SMILES string of the molecule is Cc1c(C(=O)Nc2ccc(C(=O)NC(C)C(=O)O)cc2)[nH]c2c1C(=O)CCC2. The van der Waals surface area contributed by atoms with E-state index in [1.54, 1.807) is 19.1 Å². The zero-order valence-corrected chi connectivity index (χ0v) is 15.6. The molecule has 1 atom stereocenters. The summed E-state index contributed by atoms with van der Waals surface area (Å²) >= 11 is 0. The molecule has 0 aliphatic heterocycles. The van der Waals surface area contributed by atoms with E-state index in [4.69, 9.17) is 5.11 Å². The van der Waals surface area contributed by atoms with E-state index in [0.717, 1.165) is 18.5 Å². The number of hydrogen-bond acceptors (Lipinski definition) is 4. The molecule has 1 unspecified atom stereocenters. The van der Waals surface area contributed by atoms with E-state index in [1.807, 2.05) is 0 Å². The van der Waals surface area contributed by atoms with Crippen LogP contribution in [0.2, 0.25) is 0 Å². The third kappa shape index (κ3) is 3.80. The van der Waals surface area contributed by atoms with Crippen molar-refractivity contribution in [3.8, 4) is 0 Å². The van der Waals surface area contributed by atoms with E-state index in [2.05, 4.69) is 15.6 Å². The third-order valence-electron chi connectivity index (χ3n) is 4.79. The Morgan fingerprint density at radius 3 is 2.39 bits per heavy atom. The summed E-state index contributed by atoms with van der Waals surface area (Å²) < 4.78 is 0. The minimum absolute atomic E-state index is 0.0556. The number of amides is 2. The molecule has 0 saturated carbocycles. The van der Waals surface area contributed by atoms with Crippen LogP contribution in [0.5, 0.6) is 0 Å². The average molecular weight is 383 g/mol. The molecule has 0 radical (unpaired) electrons. The van der Waals surface area contributed by atoms with Crippen LogP contribution in [-0.2, 0) is 11.2 Å². The largest absolute Gasteiger partial charge is 0.480 e. The molecule has 1 aliphatic carbocycles. The third-order valence-corrected chi connectivity index (χ3v) is 4.79. The first-order valence-electron chi connectivity index (χ1n) is 8.97. The number of H-pyrrole nitrogens is 1. The van der Waals surface area contributed by atoms with Gasteiger partial charge in [0.25, 0.3) is 11.8 Å². The number of carbonyl (C=O) groups is 4. The van der Waals surface area contributed by atoms with Crippen LogP contribution in [0.1, 0.15) is 62.2 Å². The second-order valence-electron chi connectivity index (χ2n) is 6.82. The van der Waals surface area contributed by atoms with Gasteiger partial charge in [-0.2, -0.15) is 0 Å². The molecular formula is C20H21N3O5. The van der Waals surface area contributed by atoms with Crippen molar-refractivity contribution in [2.45, 2.75) is 39.2 Å². The van der Waals surface area contributed by atoms with E-state index in [-0.39, 0.29) is 17.3 Å². The summed E-state index contributed by atoms with van der Waals surface area (Å²) in [5.74, 6) is -1.95. The topological polar surface area (TPSA) is 128 Å². The number of benzene rings is 1. The number of Topliss-reactive ketones (excluding diaryl/α,β-unsaturated/α-hetero) is 1. The molecule has 3 rings (SSSR count). The van der Waals surface area contributed by atoms with E-state index < -0.39 is 17.9 Å². The van der Waals surface area contributed by atoms with Gasteiger partial charge in [-0.1, -0.05) is 0 Å². The highest BCUT2D eigenvalue weighted by molar-refractivity contribution is 6.08. The summed E-state index contributed by atoms with van der Waals surface area (Å²) in [5, 5.41) is 13.9. The Balaban J connectivity index is 1.71. The number of fused-ring (bicyclic) bond motifs is 1. The molecule has 1 heterocycles. The lowest BCUT2D eigenvalue weighted by molar-refractivity contribution is -0.138. The van der Waals surface area contributed by atoms with Crippen LogP contribution in [0, 0.1) is 6.92 Å². The fraction of sp³-hybridized carbons (Fsp3) is 0.300. The van der Waals surface area contributed by atoms with E-state index >= 15 is 0 Å². The van der Waals surface area contributed by atoms with Crippen molar-refractivity contribution in [1.29, 1.82) is 0 Å². The zero-order chi connectivity index (χ0) is 20.4. The van der Waals surface area contributed by atoms with E-state index in [9.17, 15) is 19.2 Å². The smallest absolute Gasteiger partial charge is 0.325 e. The van der Waals surface area contributed by atoms with Crippen molar-refractivity contribution in [1.82, 2.24) is 10.3 Å². The van der Waals surface area contributed by atoms with Crippen molar-refractivity contribution in [2.75, 3.05) is 5.32 Å². The zero-order valence-electron chi connectivity index (χ0n) is 15.6. The van der Waals surface area contributed by atoms with Crippen molar-refractivity contribution in [2.24, 2.45) is 0 Å². The number of aryl methyl sites for hydroxylation is 1. The van der Waals surface area contributed by atoms with E-state index in [0.29, 0.717) is 28.9 Å². The number of carboxylic acid groups (broad SMARTS) is 1. The Morgan fingerprint density at radius 2 is 1.79 bits per heavy atom. The Morgan fingerprint density at radius 1 is 1.11 bits per heavy atom. The van der Waals surface area contributed by atoms with Gasteiger partial charge in [-0.15, -0.1) is 0 Å². The standard InChI is InChI=1S/C20H21N3O5/c1-10-16-14(4-3-5-15(16)24)23-17(10)19(26)22-13-8-6-12(7-9-13)18(25)21-11(2)20(27)28/h6-9,11,23H,3-5H2,1-2H3,(H,21,25)(H,22,26)(H,27,28). The van der Waals surface area contributed by atoms with Gasteiger partial charge in [-0.25, -0.2) is 0 Å². The van der Waals surface area contributed by atoms with Crippen molar-refractivity contribution in [3.63, 3.8) is 0 Å². The van der Waals surface area contributed by atoms with Gasteiger partial charge in [-0.05, 0) is 56.5 Å². The lowest BCUT2D eigenvalue weighted by Gasteiger charge is -2.10. The van der Waals surface area contributed by atoms with Gasteiger partial charge in [-0.3, -0.25) is 19.2 Å². The number of anilines is 1. The molecule has 4 N–H and O–H groups in total. The Hall–Kier alpha value is -3.42. The lowest BCUT2D eigenvalue weighted by Crippen LogP contribution is -2.38. The molecule has 1 aliphatic rings. The van der Waals surface area contributed by atoms with Gasteiger partial charge in [0.15, 0.2) is 5.78 Å². The maximum atomic E-state index is 12.6. The monoisotopic (exact) mass is 383 g/mol. The van der Waals surface area contributed by atoms with Crippen LogP contribution in [0.4, 0.5) is 5.69 Å². The number of nitrogens with one attached hydrogen (secondary N) is 3. The fourth-order valence-electron chi connectivity index (χ4n) is 3.24. The minimum atomic E-state index is -1.13. The average Bonchev–Trinajstić information content (AvgIpc) is 3.00. The second-order valence-corrected chi connectivity index (χ2v) is 6.82. The van der Waals surface area contributed by atoms with Crippen LogP contribution in [0.3, 0.4) is 0 Å². The molecule has 0 fully saturated rings. The maximum Gasteiger partial charge on any atom is 0.325 e. The quantitative estimate of drug-likeness (QED) is 0.630. The number of hydrogen-bond donors (Lipinski definition) is 4. The molecule has 28 heavy (non-hydrogen) atoms. The Bertz CT molecular complexity index is 959. The summed E-state index contributed by atoms with van der Waals surface area (Å²) in [4.78, 5) is 50.6. The lowest BCUT2D eigenvalue weighted by atomic mass is 9.94. The van der Waals surface area contributed by atoms with Crippen molar-refractivity contribution < 1.29 is 24.3 Å². The normalized spacial score (nSPS) is 14.1. The summed E-state index contributed by atoms with van der Waals surface area (Å²) in [6.45, 7) is 3.13. The molecule has 1 aromatic carbocycles. The molecule has 1 aromatic heterocycles. The summed E-state index contributed by atoms with van der Waals surface area (Å²) in [7, 11) is 0. The number of ketones is 1. The number of carbonyl (C=O) groups excluding carboxylic acids is 3. The number of aromatic amines is 1. The molecule has 0 spiro atoms. The fourth-order valence-corrected chi connectivity index (χ4v) is 3.24. The summed E-state index contributed by atoms with van der Waals surface area (Å²) in [6.07, 6.45) is 2.02. The first-order chi connectivity index (χ1) is 13.3. The summed E-state index contributed by atoms with van der Waals surface area (Å²) in [5.41, 5.74) is 3.19. The molecule has 8 nitrogen and oxygen atoms in total. The molecule has 8 heteroatoms. The number of rotatable bonds is 5. The van der Waals surface area contributed by atoms with E-state index in [1.165, 1.54) is 19.1 Å². The van der Waals surface area contributed by atoms with Gasteiger partial charge in [0.2, 0.25) is 0 Å². The van der Waals surface area contributed by atoms with Crippen LogP contribution in [-0.4, -0.2) is 39.7 Å². The molecule has 146 valence electrons. The highest BCUT2D eigenvalue weighted by Gasteiger charge is 2.26. The molecule has 2 aromatic rings. The van der Waals surface area contributed by atoms with Gasteiger partial charge in [0.05, 0.1) is 0 Å². The van der Waals surface area contributed by atoms with Crippen LogP contribution < -0.4 is 10.6 Å². The minimum Gasteiger partial charge on any atom is -0.480 e. The van der Waals surface area contributed by atoms with Crippen molar-refractivity contribution in [3.05, 3.63) is 52.3 Å². The first kappa shape index (κ1) is 19.3. The maximum absolute atomic E-state index is 12.6. The van der Waals surface area contributed by atoms with Crippen LogP contribution in [0.15, 0.2) is 24.3 Å². The number of aromatic nitrogens is 1. The molecule has 0 saturated heterocycles. The van der Waals surface area contributed by atoms with Gasteiger partial charge < -0.3 is 20.7 Å². The first-order valence-corrected chi connectivity index (χ1v) is 8.97. The van der Waals surface area contributed by atoms with Gasteiger partial charge in [0, 0.05) is 28.9 Å². The molecule has 0 bridgehead atoms. The van der Waals surface area contributed by atoms with Crippen molar-refractivity contribution >= 4 is 29.3 Å². The van der Waals surface area contributed by atoms with Crippen LogP contribution in [0.25, 0.3) is 0 Å². The van der Waals surface area contributed by atoms with Gasteiger partial charge in [0.1, 0.15) is 11.7 Å². The highest BCUT2D eigenvalue weighted by Crippen LogP contribution is 2.27. The summed E-state index contributed by atoms with van der Waals surface area (Å²) in [6, 6.07) is 5.10. The Kier molecular flexibility index (Phi) is 5.30. The second kappa shape index (κ2) is 7.67. The van der Waals surface area contributed by atoms with Crippen LogP contribution >= 0.6 is 0 Å². The molecular weight excluding hydrogens is 362 g/mol. The molecule has 2 amide bonds. The number of carboxylic acids is 1. The highest BCUT2D eigenvalue weighted by atomic mass is 16.4. The predicted octanol–water partition coefficient (Wildman–Crippen LogP) is 2.30.